The molecule has 0 radical (unpaired) electrons. The zero-order valence-corrected chi connectivity index (χ0v) is 54.7. The molecule has 0 amide bonds. The van der Waals surface area contributed by atoms with E-state index in [1.807, 2.05) is 36.4 Å². The van der Waals surface area contributed by atoms with Gasteiger partial charge in [0.25, 0.3) is 0 Å². The highest BCUT2D eigenvalue weighted by atomic mass is 16.3. The maximum absolute atomic E-state index is 6.38. The van der Waals surface area contributed by atoms with Crippen LogP contribution in [-0.2, 0) is 0 Å². The normalized spacial score (nSPS) is 12.1. The zero-order valence-electron chi connectivity index (χ0n) is 54.7. The average molecular weight is 1300 g/mol. The maximum atomic E-state index is 6.38. The predicted octanol–water partition coefficient (Wildman–Crippen LogP) is 25.5. The molecule has 0 atom stereocenters. The van der Waals surface area contributed by atoms with Crippen LogP contribution in [0.4, 0.5) is 0 Å². The lowest BCUT2D eigenvalue weighted by atomic mass is 10.0. The van der Waals surface area contributed by atoms with Crippen molar-refractivity contribution >= 4 is 131 Å². The van der Waals surface area contributed by atoms with Crippen molar-refractivity contribution in [3.05, 3.63) is 334 Å². The van der Waals surface area contributed by atoms with Gasteiger partial charge in [-0.1, -0.05) is 170 Å². The highest BCUT2D eigenvalue weighted by molar-refractivity contribution is 6.15. The molecule has 7 heterocycles. The smallest absolute Gasteiger partial charge is 0.160 e. The number of hydrogen-bond acceptors (Lipinski definition) is 5. The Labute approximate surface area is 582 Å². The van der Waals surface area contributed by atoms with Crippen molar-refractivity contribution in [2.45, 2.75) is 0 Å². The van der Waals surface area contributed by atoms with Crippen LogP contribution in [0.1, 0.15) is 0 Å². The van der Waals surface area contributed by atoms with Crippen molar-refractivity contribution in [1.29, 1.82) is 0 Å². The van der Waals surface area contributed by atoms with Crippen LogP contribution in [0.2, 0.25) is 0 Å². The van der Waals surface area contributed by atoms with Crippen molar-refractivity contribution in [3.63, 3.8) is 0 Å². The van der Waals surface area contributed by atoms with E-state index < -0.39 is 0 Å². The Hall–Kier alpha value is -13.8. The molecule has 474 valence electrons. The summed E-state index contributed by atoms with van der Waals surface area (Å²) in [5, 5.41) is 13.8. The largest absolute Gasteiger partial charge is 0.456 e. The van der Waals surface area contributed by atoms with Gasteiger partial charge in [0, 0.05) is 98.4 Å². The van der Waals surface area contributed by atoms with E-state index in [9.17, 15) is 0 Å². The van der Waals surface area contributed by atoms with Crippen LogP contribution in [0.15, 0.2) is 347 Å². The average Bonchev–Trinajstić information content (AvgIpc) is 1.59. The summed E-state index contributed by atoms with van der Waals surface area (Å²) in [6, 6.07) is 120. The Balaban J connectivity index is 0.668. The van der Waals surface area contributed by atoms with E-state index in [0.717, 1.165) is 177 Å². The Morgan fingerprint density at radius 3 is 0.873 bits per heavy atom. The molecule has 22 aromatic rings. The number of furan rings is 3. The third-order valence-corrected chi connectivity index (χ3v) is 21.1. The van der Waals surface area contributed by atoms with Gasteiger partial charge in [-0.05, 0) is 197 Å². The number of rotatable bonds is 9. The summed E-state index contributed by atoms with van der Waals surface area (Å²) in [4.78, 5) is 11.1. The quantitative estimate of drug-likeness (QED) is 0.144. The van der Waals surface area contributed by atoms with Gasteiger partial charge >= 0.3 is 0 Å². The molecule has 7 aromatic heterocycles. The minimum absolute atomic E-state index is 0.619. The first-order valence-corrected chi connectivity index (χ1v) is 34.6. The zero-order chi connectivity index (χ0) is 66.7. The molecule has 0 saturated carbocycles. The molecule has 0 bridgehead atoms. The summed E-state index contributed by atoms with van der Waals surface area (Å²) in [5.41, 5.74) is 26.2. The van der Waals surface area contributed by atoms with Gasteiger partial charge in [-0.25, -0.2) is 9.97 Å². The fourth-order valence-corrected chi connectivity index (χ4v) is 16.2. The molecule has 0 unspecified atom stereocenters. The summed E-state index contributed by atoms with van der Waals surface area (Å²) in [7, 11) is 0. The molecule has 0 aliphatic rings. The van der Waals surface area contributed by atoms with Crippen LogP contribution >= 0.6 is 0 Å². The van der Waals surface area contributed by atoms with Gasteiger partial charge < -0.3 is 27.0 Å². The van der Waals surface area contributed by atoms with Crippen molar-refractivity contribution in [2.24, 2.45) is 0 Å². The van der Waals surface area contributed by atoms with E-state index in [1.54, 1.807) is 0 Å². The second kappa shape index (κ2) is 21.8. The topological polar surface area (TPSA) is 80.0 Å². The predicted molar refractivity (Wildman–Crippen MR) is 419 cm³/mol. The van der Waals surface area contributed by atoms with E-state index in [2.05, 4.69) is 311 Å². The van der Waals surface area contributed by atoms with Crippen molar-refractivity contribution in [2.75, 3.05) is 0 Å². The van der Waals surface area contributed by atoms with Gasteiger partial charge in [0.1, 0.15) is 33.5 Å². The lowest BCUT2D eigenvalue weighted by Crippen LogP contribution is -1.99. The van der Waals surface area contributed by atoms with E-state index in [0.29, 0.717) is 5.82 Å². The lowest BCUT2D eigenvalue weighted by molar-refractivity contribution is 0.668. The van der Waals surface area contributed by atoms with E-state index in [4.69, 9.17) is 23.2 Å². The first kappa shape index (κ1) is 56.2. The first-order valence-electron chi connectivity index (χ1n) is 34.6. The van der Waals surface area contributed by atoms with Gasteiger partial charge in [0.15, 0.2) is 5.82 Å². The maximum Gasteiger partial charge on any atom is 0.160 e. The minimum atomic E-state index is 0.619. The van der Waals surface area contributed by atoms with Crippen LogP contribution in [0.3, 0.4) is 0 Å². The van der Waals surface area contributed by atoms with Gasteiger partial charge in [-0.2, -0.15) is 0 Å². The van der Waals surface area contributed by atoms with Crippen LogP contribution in [0.5, 0.6) is 0 Å². The highest BCUT2D eigenvalue weighted by Gasteiger charge is 2.22. The summed E-state index contributed by atoms with van der Waals surface area (Å²) in [5.74, 6) is 0.619. The number of hydrogen-bond donors (Lipinski definition) is 0. The summed E-state index contributed by atoms with van der Waals surface area (Å²) in [6.45, 7) is 0. The first-order chi connectivity index (χ1) is 50.5. The Morgan fingerprint density at radius 1 is 0.176 bits per heavy atom. The molecule has 15 aromatic carbocycles. The number of para-hydroxylation sites is 6. The molecule has 0 N–H and O–H groups in total. The van der Waals surface area contributed by atoms with Crippen LogP contribution in [-0.4, -0.2) is 23.7 Å². The third kappa shape index (κ3) is 8.69. The molecule has 0 spiro atoms. The molecular weight excluding hydrogens is 1250 g/mol. The monoisotopic (exact) mass is 1300 g/mol. The number of benzene rings is 15. The van der Waals surface area contributed by atoms with Crippen LogP contribution in [0.25, 0.3) is 216 Å². The van der Waals surface area contributed by atoms with E-state index in [-0.39, 0.29) is 0 Å². The second-order valence-corrected chi connectivity index (χ2v) is 26.8. The molecule has 8 heteroatoms. The van der Waals surface area contributed by atoms with Crippen molar-refractivity contribution in [3.8, 4) is 84.3 Å². The van der Waals surface area contributed by atoms with Crippen molar-refractivity contribution in [1.82, 2.24) is 23.7 Å². The molecule has 8 nitrogen and oxygen atoms in total. The number of nitrogens with zero attached hydrogens (tertiary/aromatic N) is 5. The summed E-state index contributed by atoms with van der Waals surface area (Å²) >= 11 is 0. The third-order valence-electron chi connectivity index (χ3n) is 21.1. The van der Waals surface area contributed by atoms with Crippen LogP contribution < -0.4 is 0 Å². The molecule has 22 rings (SSSR count). The molecule has 0 fully saturated rings. The number of aromatic nitrogens is 5. The molecular formula is C94H55N5O3. The second-order valence-electron chi connectivity index (χ2n) is 26.8. The minimum Gasteiger partial charge on any atom is -0.456 e. The Bertz CT molecular complexity index is 6980. The molecule has 0 aliphatic heterocycles. The molecule has 0 saturated heterocycles. The lowest BCUT2D eigenvalue weighted by Gasteiger charge is -2.14. The Morgan fingerprint density at radius 2 is 0.480 bits per heavy atom. The van der Waals surface area contributed by atoms with Crippen LogP contribution in [0, 0.1) is 0 Å². The fourth-order valence-electron chi connectivity index (χ4n) is 16.2. The SMILES string of the molecule is c1cc(-c2cc(-c3cccc(-n4c5ccccc5c5cc(-c6ccc7c(c6)oc6ccccc67)ccc54)c3)nc(-c3ccc(-n4c5ccccc5c5cc(-c6ccc7c(c6)oc6ccccc67)ccc54)cc3)n2)cc(-n2c3ccccc3c3cc(-c4ccc5c(c4)oc4ccccc45)ccc32)c1. The summed E-state index contributed by atoms with van der Waals surface area (Å²) in [6.07, 6.45) is 0. The summed E-state index contributed by atoms with van der Waals surface area (Å²) < 4.78 is 26.3. The Kier molecular flexibility index (Phi) is 12.0. The van der Waals surface area contributed by atoms with Gasteiger partial charge in [0.05, 0.1) is 44.5 Å². The van der Waals surface area contributed by atoms with E-state index >= 15 is 0 Å². The highest BCUT2D eigenvalue weighted by Crippen LogP contribution is 2.43. The molecule has 0 aliphatic carbocycles. The fraction of sp³-hybridized carbons (Fsp3) is 0. The van der Waals surface area contributed by atoms with Crippen molar-refractivity contribution < 1.29 is 13.3 Å². The van der Waals surface area contributed by atoms with E-state index in [1.165, 1.54) is 32.3 Å². The van der Waals surface area contributed by atoms with Gasteiger partial charge in [-0.15, -0.1) is 0 Å². The van der Waals surface area contributed by atoms with Gasteiger partial charge in [0.2, 0.25) is 0 Å². The number of fused-ring (bicyclic) bond motifs is 18. The molecule has 102 heavy (non-hydrogen) atoms. The standard InChI is InChI=1S/C94H55N5O3/c1-7-25-82-68(19-1)77-49-57(60-33-41-74-71-22-4-10-28-88(71)100-91(74)52-60)36-44-85(77)97(82)65-39-31-56(32-40-65)94-95-80(63-15-13-17-66(47-63)98-83-26-8-2-20-69(83)78-50-58(37-45-86(78)98)61-34-42-75-72-23-5-11-29-89(72)101-92(75)53-61)55-81(96-94)64-16-14-18-67(48-64)99-84-27-9-3-21-70(84)79-51-59(38-46-87(79)99)62-35-43-76-73-24-6-12-30-90(73)102-93(76)54-62/h1-55H. The van der Waals surface area contributed by atoms with Gasteiger partial charge in [-0.3, -0.25) is 0 Å².